The van der Waals surface area contributed by atoms with Crippen molar-refractivity contribution in [1.82, 2.24) is 19.9 Å². The van der Waals surface area contributed by atoms with Crippen LogP contribution in [0.25, 0.3) is 11.2 Å². The Bertz CT molecular complexity index is 606. The van der Waals surface area contributed by atoms with Crippen molar-refractivity contribution in [3.05, 3.63) is 24.2 Å². The molecule has 0 aromatic carbocycles. The predicted molar refractivity (Wildman–Crippen MR) is 84.3 cm³/mol. The molecule has 4 nitrogen and oxygen atoms in total. The summed E-state index contributed by atoms with van der Waals surface area (Å²) >= 11 is 0. The first-order valence-electron chi connectivity index (χ1n) is 8.44. The molecule has 21 heavy (non-hydrogen) atoms. The van der Waals surface area contributed by atoms with Gasteiger partial charge in [-0.1, -0.05) is 12.8 Å². The Hall–Kier alpha value is -1.42. The molecule has 0 bridgehead atoms. The number of piperidine rings is 1. The molecule has 2 fully saturated rings. The minimum atomic E-state index is 0.626. The minimum Gasteiger partial charge on any atom is -0.317 e. The molecule has 0 amide bonds. The van der Waals surface area contributed by atoms with Crippen LogP contribution in [0, 0.1) is 5.92 Å². The Labute approximate surface area is 126 Å². The maximum atomic E-state index is 4.93. The van der Waals surface area contributed by atoms with Gasteiger partial charge in [-0.25, -0.2) is 9.97 Å². The van der Waals surface area contributed by atoms with Crippen LogP contribution in [0.4, 0.5) is 0 Å². The van der Waals surface area contributed by atoms with Gasteiger partial charge in [0.1, 0.15) is 11.3 Å². The smallest absolute Gasteiger partial charge is 0.160 e. The van der Waals surface area contributed by atoms with E-state index in [0.29, 0.717) is 6.04 Å². The molecule has 2 aromatic heterocycles. The van der Waals surface area contributed by atoms with Crippen LogP contribution in [0.1, 0.15) is 50.4 Å². The van der Waals surface area contributed by atoms with Crippen molar-refractivity contribution < 1.29 is 0 Å². The summed E-state index contributed by atoms with van der Waals surface area (Å²) in [6.45, 7) is 2.32. The van der Waals surface area contributed by atoms with Gasteiger partial charge in [-0.2, -0.15) is 0 Å². The quantitative estimate of drug-likeness (QED) is 0.942. The van der Waals surface area contributed by atoms with Crippen molar-refractivity contribution in [3.8, 4) is 0 Å². The Kier molecular flexibility index (Phi) is 3.63. The zero-order valence-corrected chi connectivity index (χ0v) is 12.6. The first-order valence-corrected chi connectivity index (χ1v) is 8.44. The molecule has 0 unspecified atom stereocenters. The summed E-state index contributed by atoms with van der Waals surface area (Å²) in [6.07, 6.45) is 10.9. The zero-order chi connectivity index (χ0) is 14.1. The molecule has 1 aliphatic heterocycles. The SMILES string of the molecule is c1cnc2c(c1)nc(CC1CCNCC1)n2C1CCCC1. The minimum absolute atomic E-state index is 0.626. The van der Waals surface area contributed by atoms with Gasteiger partial charge in [-0.05, 0) is 56.8 Å². The van der Waals surface area contributed by atoms with Gasteiger partial charge >= 0.3 is 0 Å². The normalized spacial score (nSPS) is 21.3. The molecule has 1 N–H and O–H groups in total. The lowest BCUT2D eigenvalue weighted by Gasteiger charge is -2.23. The van der Waals surface area contributed by atoms with Gasteiger partial charge < -0.3 is 9.88 Å². The van der Waals surface area contributed by atoms with E-state index in [0.717, 1.165) is 36.6 Å². The van der Waals surface area contributed by atoms with E-state index in [4.69, 9.17) is 4.98 Å². The fourth-order valence-electron chi connectivity index (χ4n) is 4.01. The summed E-state index contributed by atoms with van der Waals surface area (Å²) in [5.41, 5.74) is 2.18. The molecule has 0 spiro atoms. The molecular weight excluding hydrogens is 260 g/mol. The molecule has 3 heterocycles. The molecule has 4 rings (SSSR count). The summed E-state index contributed by atoms with van der Waals surface area (Å²) in [7, 11) is 0. The molecule has 1 aliphatic carbocycles. The Morgan fingerprint density at radius 2 is 1.95 bits per heavy atom. The number of fused-ring (bicyclic) bond motifs is 1. The van der Waals surface area contributed by atoms with Crippen molar-refractivity contribution in [2.45, 2.75) is 51.0 Å². The van der Waals surface area contributed by atoms with Gasteiger partial charge in [-0.15, -0.1) is 0 Å². The van der Waals surface area contributed by atoms with E-state index in [1.54, 1.807) is 0 Å². The number of rotatable bonds is 3. The van der Waals surface area contributed by atoms with E-state index in [1.807, 2.05) is 12.3 Å². The van der Waals surface area contributed by atoms with E-state index < -0.39 is 0 Å². The van der Waals surface area contributed by atoms with Crippen LogP contribution in [0.3, 0.4) is 0 Å². The number of hydrogen-bond acceptors (Lipinski definition) is 3. The largest absolute Gasteiger partial charge is 0.317 e. The average molecular weight is 284 g/mol. The molecule has 0 radical (unpaired) electrons. The van der Waals surface area contributed by atoms with Crippen LogP contribution in [-0.4, -0.2) is 27.6 Å². The highest BCUT2D eigenvalue weighted by atomic mass is 15.2. The first kappa shape index (κ1) is 13.3. The van der Waals surface area contributed by atoms with Gasteiger partial charge in [0.05, 0.1) is 0 Å². The van der Waals surface area contributed by atoms with Crippen LogP contribution in [0.15, 0.2) is 18.3 Å². The van der Waals surface area contributed by atoms with E-state index in [2.05, 4.69) is 20.9 Å². The maximum absolute atomic E-state index is 4.93. The summed E-state index contributed by atoms with van der Waals surface area (Å²) in [5.74, 6) is 2.06. The fraction of sp³-hybridized carbons (Fsp3) is 0.647. The molecule has 112 valence electrons. The molecule has 0 atom stereocenters. The van der Waals surface area contributed by atoms with Crippen LogP contribution in [0.5, 0.6) is 0 Å². The van der Waals surface area contributed by atoms with Gasteiger partial charge in [0.2, 0.25) is 0 Å². The molecule has 1 saturated heterocycles. The second kappa shape index (κ2) is 5.76. The highest BCUT2D eigenvalue weighted by molar-refractivity contribution is 5.71. The Morgan fingerprint density at radius 1 is 1.14 bits per heavy atom. The highest BCUT2D eigenvalue weighted by Crippen LogP contribution is 2.34. The fourth-order valence-corrected chi connectivity index (χ4v) is 4.01. The second-order valence-electron chi connectivity index (χ2n) is 6.58. The van der Waals surface area contributed by atoms with Gasteiger partial charge in [0.25, 0.3) is 0 Å². The maximum Gasteiger partial charge on any atom is 0.160 e. The summed E-state index contributed by atoms with van der Waals surface area (Å²) in [4.78, 5) is 9.56. The summed E-state index contributed by atoms with van der Waals surface area (Å²) in [6, 6.07) is 4.74. The van der Waals surface area contributed by atoms with Crippen molar-refractivity contribution in [3.63, 3.8) is 0 Å². The van der Waals surface area contributed by atoms with Crippen molar-refractivity contribution >= 4 is 11.2 Å². The van der Waals surface area contributed by atoms with Crippen LogP contribution in [0.2, 0.25) is 0 Å². The number of pyridine rings is 1. The third kappa shape index (κ3) is 2.57. The van der Waals surface area contributed by atoms with E-state index in [-0.39, 0.29) is 0 Å². The second-order valence-corrected chi connectivity index (χ2v) is 6.58. The average Bonchev–Trinajstić information content (AvgIpc) is 3.14. The van der Waals surface area contributed by atoms with E-state index >= 15 is 0 Å². The van der Waals surface area contributed by atoms with E-state index in [1.165, 1.54) is 44.3 Å². The summed E-state index contributed by atoms with van der Waals surface area (Å²) < 4.78 is 2.48. The number of nitrogens with one attached hydrogen (secondary N) is 1. The van der Waals surface area contributed by atoms with Crippen molar-refractivity contribution in [2.24, 2.45) is 5.92 Å². The number of imidazole rings is 1. The Morgan fingerprint density at radius 3 is 2.76 bits per heavy atom. The molecular formula is C17H24N4. The number of nitrogens with zero attached hydrogens (tertiary/aromatic N) is 3. The molecule has 2 aliphatic rings. The van der Waals surface area contributed by atoms with Crippen LogP contribution >= 0.6 is 0 Å². The third-order valence-electron chi connectivity index (χ3n) is 5.14. The van der Waals surface area contributed by atoms with Crippen molar-refractivity contribution in [1.29, 1.82) is 0 Å². The number of aromatic nitrogens is 3. The lowest BCUT2D eigenvalue weighted by molar-refractivity contribution is 0.358. The highest BCUT2D eigenvalue weighted by Gasteiger charge is 2.25. The predicted octanol–water partition coefficient (Wildman–Crippen LogP) is 3.09. The first-order chi connectivity index (χ1) is 10.4. The van der Waals surface area contributed by atoms with Crippen LogP contribution < -0.4 is 5.32 Å². The standard InChI is InChI=1S/C17H24N4/c1-2-5-14(4-1)21-16(12-13-7-10-18-11-8-13)20-15-6-3-9-19-17(15)21/h3,6,9,13-14,18H,1-2,4-5,7-8,10-12H2. The molecule has 1 saturated carbocycles. The van der Waals surface area contributed by atoms with Crippen molar-refractivity contribution in [2.75, 3.05) is 13.1 Å². The van der Waals surface area contributed by atoms with Gasteiger partial charge in [0.15, 0.2) is 5.65 Å². The lowest BCUT2D eigenvalue weighted by Crippen LogP contribution is -2.29. The monoisotopic (exact) mass is 284 g/mol. The topological polar surface area (TPSA) is 42.7 Å². The molecule has 2 aromatic rings. The number of hydrogen-bond donors (Lipinski definition) is 1. The van der Waals surface area contributed by atoms with Gasteiger partial charge in [0, 0.05) is 18.7 Å². The third-order valence-corrected chi connectivity index (χ3v) is 5.14. The molecule has 4 heteroatoms. The lowest BCUT2D eigenvalue weighted by atomic mass is 9.94. The summed E-state index contributed by atoms with van der Waals surface area (Å²) in [5, 5.41) is 3.46. The Balaban J connectivity index is 1.70. The van der Waals surface area contributed by atoms with Crippen LogP contribution in [-0.2, 0) is 6.42 Å². The van der Waals surface area contributed by atoms with Gasteiger partial charge in [-0.3, -0.25) is 0 Å². The zero-order valence-electron chi connectivity index (χ0n) is 12.6. The van der Waals surface area contributed by atoms with E-state index in [9.17, 15) is 0 Å².